The molecule has 1 N–H and O–H groups in total. The summed E-state index contributed by atoms with van der Waals surface area (Å²) in [7, 11) is 0. The van der Waals surface area contributed by atoms with Gasteiger partial charge in [-0.1, -0.05) is 34.1 Å². The predicted molar refractivity (Wildman–Crippen MR) is 116 cm³/mol. The normalized spacial score (nSPS) is 15.6. The minimum absolute atomic E-state index is 0.00951. The number of carbonyl (C=O) groups is 1. The molecule has 1 unspecified atom stereocenters. The Morgan fingerprint density at radius 2 is 1.83 bits per heavy atom. The van der Waals surface area contributed by atoms with Crippen molar-refractivity contribution in [2.75, 3.05) is 4.90 Å². The van der Waals surface area contributed by atoms with E-state index in [1.165, 1.54) is 17.0 Å². The van der Waals surface area contributed by atoms with Gasteiger partial charge in [-0.05, 0) is 54.4 Å². The molecular weight excluding hydrogens is 448 g/mol. The number of aromatic nitrogens is 1. The van der Waals surface area contributed by atoms with Crippen molar-refractivity contribution in [3.05, 3.63) is 97.9 Å². The molecule has 1 atom stereocenters. The quantitative estimate of drug-likeness (QED) is 0.466. The van der Waals surface area contributed by atoms with Gasteiger partial charge in [-0.3, -0.25) is 14.5 Å². The van der Waals surface area contributed by atoms with Gasteiger partial charge in [-0.15, -0.1) is 0 Å². The van der Waals surface area contributed by atoms with Gasteiger partial charge in [-0.25, -0.2) is 4.98 Å². The van der Waals surface area contributed by atoms with Crippen LogP contribution in [-0.4, -0.2) is 16.0 Å². The van der Waals surface area contributed by atoms with Crippen LogP contribution in [-0.2, 0) is 0 Å². The van der Waals surface area contributed by atoms with Crippen molar-refractivity contribution in [2.45, 2.75) is 13.0 Å². The summed E-state index contributed by atoms with van der Waals surface area (Å²) in [5.74, 6) is 0.0918. The molecule has 2 aromatic carbocycles. The van der Waals surface area contributed by atoms with E-state index in [2.05, 4.69) is 20.9 Å². The van der Waals surface area contributed by atoms with Gasteiger partial charge in [0.05, 0.1) is 17.0 Å². The maximum absolute atomic E-state index is 13.5. The molecule has 148 valence electrons. The fourth-order valence-electron chi connectivity index (χ4n) is 3.76. The molecule has 5 rings (SSSR count). The van der Waals surface area contributed by atoms with Gasteiger partial charge >= 0.3 is 0 Å². The second-order valence-corrected chi connectivity index (χ2v) is 8.09. The number of halogens is 1. The number of nitrogens with zero attached hydrogens (tertiary/aromatic N) is 2. The highest BCUT2D eigenvalue weighted by Crippen LogP contribution is 2.41. The predicted octanol–water partition coefficient (Wildman–Crippen LogP) is 4.71. The highest BCUT2D eigenvalue weighted by Gasteiger charge is 2.44. The first-order valence-electron chi connectivity index (χ1n) is 9.25. The number of phenols is 1. The number of anilines is 1. The Hall–Kier alpha value is -3.45. The molecule has 1 aliphatic heterocycles. The zero-order valence-electron chi connectivity index (χ0n) is 15.8. The van der Waals surface area contributed by atoms with Crippen LogP contribution in [0.4, 0.5) is 5.82 Å². The molecule has 1 amide bonds. The van der Waals surface area contributed by atoms with Crippen LogP contribution in [0.1, 0.15) is 33.3 Å². The van der Waals surface area contributed by atoms with E-state index in [1.807, 2.05) is 13.0 Å². The summed E-state index contributed by atoms with van der Waals surface area (Å²) < 4.78 is 6.65. The van der Waals surface area contributed by atoms with E-state index < -0.39 is 11.9 Å². The molecule has 2 aromatic heterocycles. The van der Waals surface area contributed by atoms with Gasteiger partial charge in [0.25, 0.3) is 5.91 Å². The van der Waals surface area contributed by atoms with E-state index in [4.69, 9.17) is 4.42 Å². The highest BCUT2D eigenvalue weighted by molar-refractivity contribution is 9.10. The molecule has 0 spiro atoms. The number of aromatic hydroxyl groups is 1. The van der Waals surface area contributed by atoms with E-state index >= 15 is 0 Å². The lowest BCUT2D eigenvalue weighted by Gasteiger charge is -2.24. The molecule has 7 heteroatoms. The first-order chi connectivity index (χ1) is 14.4. The van der Waals surface area contributed by atoms with Gasteiger partial charge in [0.2, 0.25) is 5.76 Å². The SMILES string of the molecule is Cc1ccc(N2C(=O)c3oc4ccc(Br)cc4c(=O)c3C2c2ccc(O)cc2)nc1. The molecule has 0 aliphatic carbocycles. The number of pyridine rings is 1. The molecular formula is C23H15BrN2O4. The Kier molecular flexibility index (Phi) is 4.22. The first kappa shape index (κ1) is 18.6. The lowest BCUT2D eigenvalue weighted by Crippen LogP contribution is -2.30. The molecule has 0 radical (unpaired) electrons. The maximum atomic E-state index is 13.5. The minimum Gasteiger partial charge on any atom is -0.508 e. The van der Waals surface area contributed by atoms with Crippen LogP contribution in [0.25, 0.3) is 11.0 Å². The second-order valence-electron chi connectivity index (χ2n) is 7.18. The number of amides is 1. The Bertz CT molecular complexity index is 1360. The maximum Gasteiger partial charge on any atom is 0.296 e. The molecule has 0 bridgehead atoms. The lowest BCUT2D eigenvalue weighted by molar-refractivity contribution is 0.0970. The van der Waals surface area contributed by atoms with Crippen molar-refractivity contribution in [3.8, 4) is 5.75 Å². The van der Waals surface area contributed by atoms with Crippen molar-refractivity contribution in [1.29, 1.82) is 0 Å². The largest absolute Gasteiger partial charge is 0.508 e. The zero-order valence-corrected chi connectivity index (χ0v) is 17.4. The third kappa shape index (κ3) is 2.81. The smallest absolute Gasteiger partial charge is 0.296 e. The topological polar surface area (TPSA) is 83.6 Å². The number of fused-ring (bicyclic) bond motifs is 2. The summed E-state index contributed by atoms with van der Waals surface area (Å²) in [5.41, 5.74) is 1.96. The van der Waals surface area contributed by atoms with E-state index in [9.17, 15) is 14.7 Å². The molecule has 1 aliphatic rings. The van der Waals surface area contributed by atoms with Crippen LogP contribution in [0.3, 0.4) is 0 Å². The van der Waals surface area contributed by atoms with Gasteiger partial charge in [0.15, 0.2) is 5.43 Å². The van der Waals surface area contributed by atoms with Gasteiger partial charge in [0, 0.05) is 10.7 Å². The molecule has 30 heavy (non-hydrogen) atoms. The minimum atomic E-state index is -0.720. The molecule has 0 saturated carbocycles. The summed E-state index contributed by atoms with van der Waals surface area (Å²) in [6, 6.07) is 14.4. The third-order valence-corrected chi connectivity index (χ3v) is 5.68. The van der Waals surface area contributed by atoms with Crippen LogP contribution < -0.4 is 10.3 Å². The number of carbonyl (C=O) groups excluding carboxylic acids is 1. The number of hydrogen-bond donors (Lipinski definition) is 1. The average Bonchev–Trinajstić information content (AvgIpc) is 3.03. The highest BCUT2D eigenvalue weighted by atomic mass is 79.9. The van der Waals surface area contributed by atoms with Crippen molar-refractivity contribution >= 4 is 38.6 Å². The van der Waals surface area contributed by atoms with Crippen LogP contribution >= 0.6 is 15.9 Å². The van der Waals surface area contributed by atoms with Gasteiger partial charge < -0.3 is 9.52 Å². The third-order valence-electron chi connectivity index (χ3n) is 5.18. The van der Waals surface area contributed by atoms with Crippen molar-refractivity contribution in [3.63, 3.8) is 0 Å². The molecule has 0 fully saturated rings. The first-order valence-corrected chi connectivity index (χ1v) is 10.0. The fourth-order valence-corrected chi connectivity index (χ4v) is 4.12. The standard InChI is InChI=1S/C23H15BrN2O4/c1-12-2-9-18(25-11-12)26-20(13-3-6-15(27)7-4-13)19-21(28)16-10-14(24)5-8-17(16)30-22(19)23(26)29/h2-11,20,27H,1H3. The summed E-state index contributed by atoms with van der Waals surface area (Å²) in [6.07, 6.45) is 1.67. The summed E-state index contributed by atoms with van der Waals surface area (Å²) in [4.78, 5) is 32.7. The van der Waals surface area contributed by atoms with Gasteiger partial charge in [-0.2, -0.15) is 0 Å². The molecule has 6 nitrogen and oxygen atoms in total. The fraction of sp³-hybridized carbons (Fsp3) is 0.0870. The Balaban J connectivity index is 1.81. The van der Waals surface area contributed by atoms with Crippen molar-refractivity contribution in [2.24, 2.45) is 0 Å². The number of aryl methyl sites for hydroxylation is 1. The Morgan fingerprint density at radius 3 is 2.53 bits per heavy atom. The number of phenolic OH excluding ortho intramolecular Hbond substituents is 1. The number of benzene rings is 2. The Labute approximate surface area is 179 Å². The van der Waals surface area contributed by atoms with E-state index in [0.29, 0.717) is 22.4 Å². The molecule has 3 heterocycles. The number of hydrogen-bond acceptors (Lipinski definition) is 5. The zero-order chi connectivity index (χ0) is 21.0. The van der Waals surface area contributed by atoms with E-state index in [-0.39, 0.29) is 22.5 Å². The second kappa shape index (κ2) is 6.81. The van der Waals surface area contributed by atoms with Crippen molar-refractivity contribution < 1.29 is 14.3 Å². The Morgan fingerprint density at radius 1 is 1.07 bits per heavy atom. The lowest BCUT2D eigenvalue weighted by atomic mass is 9.98. The summed E-state index contributed by atoms with van der Waals surface area (Å²) in [6.45, 7) is 1.91. The van der Waals surface area contributed by atoms with Crippen LogP contribution in [0.15, 0.2) is 74.5 Å². The van der Waals surface area contributed by atoms with E-state index in [1.54, 1.807) is 42.6 Å². The van der Waals surface area contributed by atoms with E-state index in [0.717, 1.165) is 10.0 Å². The molecule has 0 saturated heterocycles. The number of rotatable bonds is 2. The van der Waals surface area contributed by atoms with Crippen LogP contribution in [0, 0.1) is 6.92 Å². The molecule has 4 aromatic rings. The van der Waals surface area contributed by atoms with Crippen LogP contribution in [0.2, 0.25) is 0 Å². The summed E-state index contributed by atoms with van der Waals surface area (Å²) >= 11 is 3.39. The summed E-state index contributed by atoms with van der Waals surface area (Å²) in [5, 5.41) is 10.1. The van der Waals surface area contributed by atoms with Gasteiger partial charge in [0.1, 0.15) is 17.2 Å². The monoisotopic (exact) mass is 462 g/mol. The van der Waals surface area contributed by atoms with Crippen molar-refractivity contribution in [1.82, 2.24) is 4.98 Å². The van der Waals surface area contributed by atoms with Crippen LogP contribution in [0.5, 0.6) is 5.75 Å². The average molecular weight is 463 g/mol.